The normalized spacial score (nSPS) is 57.6. The summed E-state index contributed by atoms with van der Waals surface area (Å²) in [6.45, 7) is 6.90. The first kappa shape index (κ1) is 15.2. The second-order valence-electron chi connectivity index (χ2n) is 9.42. The lowest BCUT2D eigenvalue weighted by Crippen LogP contribution is -2.53. The molecule has 0 aromatic carbocycles. The Kier molecular flexibility index (Phi) is 3.18. The standard InChI is InChI=1S/C20H32O2/c1-18-9-6-14(21)12-13(18)4-5-15-16(18)7-10-19(2)17(15)8-11-20(19,3)22/h4,14-17,21-22H,5-12H2,1-3H3/t14-,15+,16-,17-,18-,19-,20?/m0/s1. The molecular formula is C20H32O2. The third kappa shape index (κ3) is 1.80. The van der Waals surface area contributed by atoms with Crippen LogP contribution < -0.4 is 0 Å². The maximum absolute atomic E-state index is 10.9. The van der Waals surface area contributed by atoms with E-state index in [2.05, 4.69) is 26.8 Å². The zero-order valence-electron chi connectivity index (χ0n) is 14.4. The summed E-state index contributed by atoms with van der Waals surface area (Å²) in [7, 11) is 0. The van der Waals surface area contributed by atoms with Gasteiger partial charge in [-0.2, -0.15) is 0 Å². The number of allylic oxidation sites excluding steroid dienone is 1. The summed E-state index contributed by atoms with van der Waals surface area (Å²) in [5.41, 5.74) is 1.50. The van der Waals surface area contributed by atoms with E-state index in [-0.39, 0.29) is 11.5 Å². The quantitative estimate of drug-likeness (QED) is 0.663. The van der Waals surface area contributed by atoms with Crippen LogP contribution in [0, 0.1) is 28.6 Å². The zero-order chi connectivity index (χ0) is 15.8. The van der Waals surface area contributed by atoms with Gasteiger partial charge in [0.2, 0.25) is 0 Å². The topological polar surface area (TPSA) is 40.5 Å². The van der Waals surface area contributed by atoms with Crippen molar-refractivity contribution in [1.82, 2.24) is 0 Å². The summed E-state index contributed by atoms with van der Waals surface area (Å²) in [4.78, 5) is 0. The van der Waals surface area contributed by atoms with Crippen molar-refractivity contribution in [2.24, 2.45) is 28.6 Å². The molecule has 1 unspecified atom stereocenters. The highest BCUT2D eigenvalue weighted by Crippen LogP contribution is 2.66. The Bertz CT molecular complexity index is 508. The number of hydrogen-bond acceptors (Lipinski definition) is 2. The predicted molar refractivity (Wildman–Crippen MR) is 88.3 cm³/mol. The zero-order valence-corrected chi connectivity index (χ0v) is 14.4. The summed E-state index contributed by atoms with van der Waals surface area (Å²) >= 11 is 0. The van der Waals surface area contributed by atoms with Crippen molar-refractivity contribution < 1.29 is 10.2 Å². The van der Waals surface area contributed by atoms with Crippen molar-refractivity contribution in [1.29, 1.82) is 0 Å². The lowest BCUT2D eigenvalue weighted by molar-refractivity contribution is -0.115. The maximum Gasteiger partial charge on any atom is 0.0675 e. The third-order valence-electron chi connectivity index (χ3n) is 8.64. The molecule has 124 valence electrons. The lowest BCUT2D eigenvalue weighted by atomic mass is 9.47. The minimum atomic E-state index is -0.476. The van der Waals surface area contributed by atoms with E-state index < -0.39 is 5.60 Å². The highest BCUT2D eigenvalue weighted by atomic mass is 16.3. The molecular weight excluding hydrogens is 272 g/mol. The van der Waals surface area contributed by atoms with E-state index in [1.807, 2.05) is 0 Å². The van der Waals surface area contributed by atoms with Crippen LogP contribution in [0.5, 0.6) is 0 Å². The van der Waals surface area contributed by atoms with Crippen molar-refractivity contribution in [2.45, 2.75) is 83.8 Å². The summed E-state index contributed by atoms with van der Waals surface area (Å²) in [6, 6.07) is 0. The Labute approximate surface area is 135 Å². The van der Waals surface area contributed by atoms with Gasteiger partial charge in [0.1, 0.15) is 0 Å². The van der Waals surface area contributed by atoms with Crippen LogP contribution in [0.3, 0.4) is 0 Å². The lowest BCUT2D eigenvalue weighted by Gasteiger charge is -2.58. The monoisotopic (exact) mass is 304 g/mol. The van der Waals surface area contributed by atoms with Crippen LogP contribution in [0.2, 0.25) is 0 Å². The van der Waals surface area contributed by atoms with E-state index in [0.717, 1.165) is 37.5 Å². The van der Waals surface area contributed by atoms with Crippen LogP contribution in [-0.2, 0) is 0 Å². The molecule has 0 aromatic rings. The van der Waals surface area contributed by atoms with Crippen molar-refractivity contribution in [3.8, 4) is 0 Å². The molecule has 3 fully saturated rings. The van der Waals surface area contributed by atoms with E-state index in [9.17, 15) is 10.2 Å². The Hall–Kier alpha value is -0.340. The minimum absolute atomic E-state index is 0.114. The summed E-state index contributed by atoms with van der Waals surface area (Å²) < 4.78 is 0. The Morgan fingerprint density at radius 2 is 1.73 bits per heavy atom. The van der Waals surface area contributed by atoms with Gasteiger partial charge in [0.25, 0.3) is 0 Å². The van der Waals surface area contributed by atoms with Crippen molar-refractivity contribution in [3.63, 3.8) is 0 Å². The molecule has 0 spiro atoms. The second kappa shape index (κ2) is 4.60. The number of aliphatic hydroxyl groups is 2. The molecule has 0 heterocycles. The maximum atomic E-state index is 10.9. The first-order chi connectivity index (χ1) is 10.3. The van der Waals surface area contributed by atoms with Gasteiger partial charge in [0, 0.05) is 0 Å². The molecule has 0 saturated heterocycles. The van der Waals surface area contributed by atoms with Crippen LogP contribution in [0.15, 0.2) is 11.6 Å². The molecule has 0 radical (unpaired) electrons. The highest BCUT2D eigenvalue weighted by Gasteiger charge is 2.61. The molecule has 0 aliphatic heterocycles. The van der Waals surface area contributed by atoms with Gasteiger partial charge in [0.05, 0.1) is 11.7 Å². The van der Waals surface area contributed by atoms with E-state index in [0.29, 0.717) is 11.3 Å². The minimum Gasteiger partial charge on any atom is -0.393 e. The van der Waals surface area contributed by atoms with Crippen LogP contribution in [0.1, 0.15) is 72.1 Å². The van der Waals surface area contributed by atoms with Crippen molar-refractivity contribution in [2.75, 3.05) is 0 Å². The first-order valence-electron chi connectivity index (χ1n) is 9.38. The molecule has 2 N–H and O–H groups in total. The molecule has 4 rings (SSSR count). The van der Waals surface area contributed by atoms with E-state index >= 15 is 0 Å². The smallest absolute Gasteiger partial charge is 0.0675 e. The SMILES string of the molecule is CC1(O)CC[C@H]2[C@@H]3CC=C4C[C@@H](O)CC[C@]4(C)[C@H]3CC[C@@]21C. The van der Waals surface area contributed by atoms with Crippen LogP contribution >= 0.6 is 0 Å². The Morgan fingerprint density at radius 1 is 1.00 bits per heavy atom. The van der Waals surface area contributed by atoms with Gasteiger partial charge in [-0.25, -0.2) is 0 Å². The number of rotatable bonds is 0. The third-order valence-corrected chi connectivity index (χ3v) is 8.64. The Morgan fingerprint density at radius 3 is 2.50 bits per heavy atom. The molecule has 0 amide bonds. The van der Waals surface area contributed by atoms with Gasteiger partial charge in [-0.15, -0.1) is 0 Å². The van der Waals surface area contributed by atoms with Crippen molar-refractivity contribution >= 4 is 0 Å². The fourth-order valence-corrected chi connectivity index (χ4v) is 6.89. The Balaban J connectivity index is 1.69. The fourth-order valence-electron chi connectivity index (χ4n) is 6.89. The van der Waals surface area contributed by atoms with Crippen LogP contribution in [0.25, 0.3) is 0 Å². The van der Waals surface area contributed by atoms with Crippen LogP contribution in [0.4, 0.5) is 0 Å². The van der Waals surface area contributed by atoms with Gasteiger partial charge in [-0.3, -0.25) is 0 Å². The highest BCUT2D eigenvalue weighted by molar-refractivity contribution is 5.26. The van der Waals surface area contributed by atoms with E-state index in [1.165, 1.54) is 25.7 Å². The van der Waals surface area contributed by atoms with E-state index in [4.69, 9.17) is 0 Å². The number of aliphatic hydroxyl groups excluding tert-OH is 1. The second-order valence-corrected chi connectivity index (χ2v) is 9.42. The van der Waals surface area contributed by atoms with Gasteiger partial charge < -0.3 is 10.2 Å². The first-order valence-corrected chi connectivity index (χ1v) is 9.38. The number of fused-ring (bicyclic) bond motifs is 5. The molecule has 2 nitrogen and oxygen atoms in total. The average Bonchev–Trinajstić information content (AvgIpc) is 2.70. The molecule has 4 aliphatic carbocycles. The molecule has 4 aliphatic rings. The van der Waals surface area contributed by atoms with Crippen LogP contribution in [-0.4, -0.2) is 21.9 Å². The van der Waals surface area contributed by atoms with E-state index in [1.54, 1.807) is 5.57 Å². The number of hydrogen-bond donors (Lipinski definition) is 2. The van der Waals surface area contributed by atoms with Gasteiger partial charge in [-0.05, 0) is 86.9 Å². The predicted octanol–water partition coefficient (Wildman–Crippen LogP) is 4.06. The summed E-state index contributed by atoms with van der Waals surface area (Å²) in [5.74, 6) is 2.20. The molecule has 22 heavy (non-hydrogen) atoms. The van der Waals surface area contributed by atoms with Gasteiger partial charge in [0.15, 0.2) is 0 Å². The summed E-state index contributed by atoms with van der Waals surface area (Å²) in [6.07, 6.45) is 11.2. The largest absolute Gasteiger partial charge is 0.393 e. The molecule has 3 saturated carbocycles. The fraction of sp³-hybridized carbons (Fsp3) is 0.900. The molecule has 2 heteroatoms. The molecule has 0 bridgehead atoms. The van der Waals surface area contributed by atoms with Gasteiger partial charge >= 0.3 is 0 Å². The molecule has 7 atom stereocenters. The summed E-state index contributed by atoms with van der Waals surface area (Å²) in [5, 5.41) is 21.0. The van der Waals surface area contributed by atoms with Crippen molar-refractivity contribution in [3.05, 3.63) is 11.6 Å². The molecule has 0 aromatic heterocycles. The van der Waals surface area contributed by atoms with Gasteiger partial charge in [-0.1, -0.05) is 25.5 Å². The average molecular weight is 304 g/mol.